The van der Waals surface area contributed by atoms with Crippen molar-refractivity contribution < 1.29 is 4.79 Å². The van der Waals surface area contributed by atoms with E-state index in [0.29, 0.717) is 18.2 Å². The molecule has 0 unspecified atom stereocenters. The molecule has 1 heterocycles. The topological polar surface area (TPSA) is 75.9 Å². The van der Waals surface area contributed by atoms with Gasteiger partial charge in [0.1, 0.15) is 0 Å². The summed E-state index contributed by atoms with van der Waals surface area (Å²) in [5, 5.41) is 15.7. The summed E-state index contributed by atoms with van der Waals surface area (Å²) in [5.74, 6) is 0.808. The molecular formula is C11H22N6OS. The van der Waals surface area contributed by atoms with E-state index in [1.165, 1.54) is 11.8 Å². The number of rotatable bonds is 8. The van der Waals surface area contributed by atoms with Crippen LogP contribution in [0.1, 0.15) is 20.3 Å². The molecule has 0 aliphatic carbocycles. The van der Waals surface area contributed by atoms with Crippen molar-refractivity contribution in [1.82, 2.24) is 30.4 Å². The summed E-state index contributed by atoms with van der Waals surface area (Å²) in [4.78, 5) is 13.0. The van der Waals surface area contributed by atoms with E-state index in [1.54, 1.807) is 23.7 Å². The molecule has 0 saturated carbocycles. The number of tetrazole rings is 1. The van der Waals surface area contributed by atoms with Crippen LogP contribution in [0, 0.1) is 0 Å². The smallest absolute Gasteiger partial charge is 0.222 e. The lowest BCUT2D eigenvalue weighted by atomic mass is 10.4. The highest BCUT2D eigenvalue weighted by molar-refractivity contribution is 7.99. The molecule has 8 heteroatoms. The zero-order valence-corrected chi connectivity index (χ0v) is 12.8. The number of carbonyl (C=O) groups is 1. The van der Waals surface area contributed by atoms with Gasteiger partial charge in [0, 0.05) is 38.9 Å². The minimum atomic E-state index is 0.119. The Hall–Kier alpha value is -1.15. The average Bonchev–Trinajstić information content (AvgIpc) is 2.76. The third-order valence-corrected chi connectivity index (χ3v) is 3.38. The van der Waals surface area contributed by atoms with Crippen LogP contribution in [0.5, 0.6) is 0 Å². The maximum absolute atomic E-state index is 11.4. The van der Waals surface area contributed by atoms with Gasteiger partial charge < -0.3 is 10.2 Å². The Bertz CT molecular complexity index is 392. The van der Waals surface area contributed by atoms with Crippen LogP contribution in [-0.2, 0) is 11.3 Å². The van der Waals surface area contributed by atoms with Crippen molar-refractivity contribution in [2.24, 2.45) is 0 Å². The van der Waals surface area contributed by atoms with Gasteiger partial charge in [0.15, 0.2) is 0 Å². The van der Waals surface area contributed by atoms with Crippen molar-refractivity contribution in [3.63, 3.8) is 0 Å². The molecule has 0 aliphatic rings. The third kappa shape index (κ3) is 6.02. The fourth-order valence-electron chi connectivity index (χ4n) is 1.35. The van der Waals surface area contributed by atoms with Gasteiger partial charge >= 0.3 is 0 Å². The zero-order valence-electron chi connectivity index (χ0n) is 12.0. The maximum atomic E-state index is 11.4. The van der Waals surface area contributed by atoms with E-state index in [2.05, 4.69) is 34.7 Å². The van der Waals surface area contributed by atoms with Gasteiger partial charge in [0.05, 0.1) is 6.54 Å². The Kier molecular flexibility index (Phi) is 6.79. The molecule has 7 nitrogen and oxygen atoms in total. The molecule has 1 aromatic rings. The lowest BCUT2D eigenvalue weighted by molar-refractivity contribution is -0.128. The molecule has 1 rings (SSSR count). The number of nitrogens with zero attached hydrogens (tertiary/aromatic N) is 5. The number of amides is 1. The predicted octanol–water partition coefficient (Wildman–Crippen LogP) is 0.242. The second-order valence-corrected chi connectivity index (χ2v) is 5.74. The quantitative estimate of drug-likeness (QED) is 0.690. The van der Waals surface area contributed by atoms with Gasteiger partial charge in [-0.1, -0.05) is 25.6 Å². The minimum absolute atomic E-state index is 0.119. The molecule has 0 atom stereocenters. The molecule has 108 valence electrons. The molecule has 0 fully saturated rings. The molecule has 19 heavy (non-hydrogen) atoms. The van der Waals surface area contributed by atoms with E-state index >= 15 is 0 Å². The highest BCUT2D eigenvalue weighted by Gasteiger charge is 2.09. The van der Waals surface area contributed by atoms with Gasteiger partial charge in [-0.15, -0.1) is 5.10 Å². The fourth-order valence-corrected chi connectivity index (χ4v) is 2.18. The molecule has 0 aliphatic heterocycles. The molecule has 0 saturated heterocycles. The first-order valence-corrected chi connectivity index (χ1v) is 7.31. The first kappa shape index (κ1) is 15.9. The van der Waals surface area contributed by atoms with Gasteiger partial charge in [-0.05, 0) is 10.4 Å². The largest absolute Gasteiger partial charge is 0.349 e. The Morgan fingerprint density at radius 2 is 2.21 bits per heavy atom. The lowest BCUT2D eigenvalue weighted by Gasteiger charge is -2.10. The van der Waals surface area contributed by atoms with Crippen LogP contribution in [-0.4, -0.2) is 63.4 Å². The monoisotopic (exact) mass is 286 g/mol. The molecular weight excluding hydrogens is 264 g/mol. The van der Waals surface area contributed by atoms with E-state index in [9.17, 15) is 4.79 Å². The normalized spacial score (nSPS) is 11.0. The summed E-state index contributed by atoms with van der Waals surface area (Å²) < 4.78 is 1.76. The van der Waals surface area contributed by atoms with E-state index in [0.717, 1.165) is 18.2 Å². The predicted molar refractivity (Wildman–Crippen MR) is 75.0 cm³/mol. The first-order chi connectivity index (χ1) is 9.00. The minimum Gasteiger partial charge on any atom is -0.349 e. The van der Waals surface area contributed by atoms with Crippen LogP contribution in [0.4, 0.5) is 0 Å². The Morgan fingerprint density at radius 3 is 2.84 bits per heavy atom. The number of nitrogens with one attached hydrogen (secondary N) is 1. The number of hydrogen-bond donors (Lipinski definition) is 1. The average molecular weight is 286 g/mol. The number of hydrogen-bond acceptors (Lipinski definition) is 6. The first-order valence-electron chi connectivity index (χ1n) is 6.33. The lowest BCUT2D eigenvalue weighted by Crippen LogP contribution is -2.27. The summed E-state index contributed by atoms with van der Waals surface area (Å²) in [7, 11) is 3.52. The molecule has 0 aromatic carbocycles. The summed E-state index contributed by atoms with van der Waals surface area (Å²) in [6, 6.07) is 0.449. The molecule has 0 bridgehead atoms. The zero-order chi connectivity index (χ0) is 14.3. The van der Waals surface area contributed by atoms with Gasteiger partial charge in [0.25, 0.3) is 0 Å². The van der Waals surface area contributed by atoms with Crippen molar-refractivity contribution >= 4 is 17.7 Å². The SMILES string of the molecule is CC(C)NCCn1nnnc1SCCC(=O)N(C)C. The fraction of sp³-hybridized carbons (Fsp3) is 0.818. The van der Waals surface area contributed by atoms with Crippen LogP contribution in [0.25, 0.3) is 0 Å². The summed E-state index contributed by atoms with van der Waals surface area (Å²) in [5.41, 5.74) is 0. The van der Waals surface area contributed by atoms with E-state index < -0.39 is 0 Å². The Morgan fingerprint density at radius 1 is 1.47 bits per heavy atom. The van der Waals surface area contributed by atoms with E-state index in [4.69, 9.17) is 0 Å². The van der Waals surface area contributed by atoms with Crippen molar-refractivity contribution in [2.75, 3.05) is 26.4 Å². The Balaban J connectivity index is 2.34. The van der Waals surface area contributed by atoms with Crippen LogP contribution in [0.15, 0.2) is 5.16 Å². The van der Waals surface area contributed by atoms with E-state index in [-0.39, 0.29) is 5.91 Å². The Labute approximate surface area is 118 Å². The van der Waals surface area contributed by atoms with Crippen LogP contribution in [0.2, 0.25) is 0 Å². The highest BCUT2D eigenvalue weighted by atomic mass is 32.2. The number of carbonyl (C=O) groups excluding carboxylic acids is 1. The van der Waals surface area contributed by atoms with Crippen molar-refractivity contribution in [3.8, 4) is 0 Å². The second-order valence-electron chi connectivity index (χ2n) is 4.68. The molecule has 0 radical (unpaired) electrons. The van der Waals surface area contributed by atoms with Crippen molar-refractivity contribution in [2.45, 2.75) is 38.0 Å². The van der Waals surface area contributed by atoms with Crippen molar-refractivity contribution in [1.29, 1.82) is 0 Å². The third-order valence-electron chi connectivity index (χ3n) is 2.42. The molecule has 1 N–H and O–H groups in total. The highest BCUT2D eigenvalue weighted by Crippen LogP contribution is 2.14. The summed E-state index contributed by atoms with van der Waals surface area (Å²) in [6.07, 6.45) is 0.495. The maximum Gasteiger partial charge on any atom is 0.222 e. The van der Waals surface area contributed by atoms with Gasteiger partial charge in [-0.3, -0.25) is 4.79 Å². The summed E-state index contributed by atoms with van der Waals surface area (Å²) >= 11 is 1.51. The van der Waals surface area contributed by atoms with Crippen molar-refractivity contribution in [3.05, 3.63) is 0 Å². The number of thioether (sulfide) groups is 1. The second kappa shape index (κ2) is 8.11. The van der Waals surface area contributed by atoms with Crippen LogP contribution >= 0.6 is 11.8 Å². The number of aromatic nitrogens is 4. The molecule has 1 amide bonds. The molecule has 1 aromatic heterocycles. The van der Waals surface area contributed by atoms with Crippen LogP contribution in [0.3, 0.4) is 0 Å². The van der Waals surface area contributed by atoms with E-state index in [1.807, 2.05) is 0 Å². The summed E-state index contributed by atoms with van der Waals surface area (Å²) in [6.45, 7) is 5.76. The molecule has 0 spiro atoms. The van der Waals surface area contributed by atoms with Crippen LogP contribution < -0.4 is 5.32 Å². The van der Waals surface area contributed by atoms with Gasteiger partial charge in [-0.2, -0.15) is 0 Å². The standard InChI is InChI=1S/C11H22N6OS/c1-9(2)12-6-7-17-11(13-14-15-17)19-8-5-10(18)16(3)4/h9,12H,5-8H2,1-4H3. The van der Waals surface area contributed by atoms with Gasteiger partial charge in [0.2, 0.25) is 11.1 Å². The van der Waals surface area contributed by atoms with Gasteiger partial charge in [-0.25, -0.2) is 4.68 Å².